The highest BCUT2D eigenvalue weighted by molar-refractivity contribution is 7.98. The molecule has 23 heavy (non-hydrogen) atoms. The van der Waals surface area contributed by atoms with Crippen LogP contribution in [0, 0.1) is 11.7 Å². The molecule has 1 rings (SSSR count). The molecule has 0 radical (unpaired) electrons. The summed E-state index contributed by atoms with van der Waals surface area (Å²) in [6.07, 6.45) is 0. The Labute approximate surface area is 140 Å². The molecule has 4 N–H and O–H groups in total. The van der Waals surface area contributed by atoms with Gasteiger partial charge in [-0.2, -0.15) is 11.8 Å². The number of carbonyl (C=O) groups is 2. The highest BCUT2D eigenvalue weighted by atomic mass is 32.2. The summed E-state index contributed by atoms with van der Waals surface area (Å²) in [5, 5.41) is 5.20. The second-order valence-electron chi connectivity index (χ2n) is 5.48. The van der Waals surface area contributed by atoms with E-state index in [9.17, 15) is 14.0 Å². The van der Waals surface area contributed by atoms with E-state index in [1.54, 1.807) is 18.2 Å². The van der Waals surface area contributed by atoms with E-state index in [1.807, 2.05) is 13.8 Å². The van der Waals surface area contributed by atoms with Gasteiger partial charge in [0.25, 0.3) is 0 Å². The van der Waals surface area contributed by atoms with E-state index in [0.717, 1.165) is 0 Å². The highest BCUT2D eigenvalue weighted by Gasteiger charge is 2.17. The molecule has 0 aliphatic carbocycles. The second kappa shape index (κ2) is 10.2. The van der Waals surface area contributed by atoms with Crippen LogP contribution in [0.2, 0.25) is 0 Å². The maximum Gasteiger partial charge on any atom is 0.239 e. The molecular weight excluding hydrogens is 317 g/mol. The first-order valence-electron chi connectivity index (χ1n) is 7.53. The van der Waals surface area contributed by atoms with Gasteiger partial charge in [-0.3, -0.25) is 9.59 Å². The van der Waals surface area contributed by atoms with Crippen LogP contribution in [0.5, 0.6) is 0 Å². The number of nitrogens with two attached hydrogens (primary N) is 1. The molecule has 7 heteroatoms. The number of thioether (sulfide) groups is 1. The maximum absolute atomic E-state index is 13.4. The van der Waals surface area contributed by atoms with Crippen LogP contribution < -0.4 is 16.4 Å². The van der Waals surface area contributed by atoms with Crippen molar-refractivity contribution in [1.29, 1.82) is 0 Å². The SMILES string of the molecule is CC(C)[C@H](N)C(=O)NCC(=O)NCCSCc1ccccc1F. The van der Waals surface area contributed by atoms with E-state index < -0.39 is 6.04 Å². The van der Waals surface area contributed by atoms with Gasteiger partial charge in [0.05, 0.1) is 12.6 Å². The Bertz CT molecular complexity index is 526. The van der Waals surface area contributed by atoms with Crippen molar-refractivity contribution >= 4 is 23.6 Å². The molecule has 0 aliphatic rings. The largest absolute Gasteiger partial charge is 0.354 e. The monoisotopic (exact) mass is 341 g/mol. The molecular formula is C16H24FN3O2S. The van der Waals surface area contributed by atoms with Crippen molar-refractivity contribution in [3.63, 3.8) is 0 Å². The van der Waals surface area contributed by atoms with E-state index in [4.69, 9.17) is 5.73 Å². The molecule has 1 aromatic carbocycles. The Morgan fingerprint density at radius 1 is 1.26 bits per heavy atom. The average Bonchev–Trinajstić information content (AvgIpc) is 2.53. The van der Waals surface area contributed by atoms with Gasteiger partial charge in [0, 0.05) is 18.1 Å². The van der Waals surface area contributed by atoms with Gasteiger partial charge in [0.15, 0.2) is 0 Å². The Hall–Kier alpha value is -1.60. The van der Waals surface area contributed by atoms with Gasteiger partial charge in [0.1, 0.15) is 5.82 Å². The van der Waals surface area contributed by atoms with Crippen LogP contribution in [0.1, 0.15) is 19.4 Å². The summed E-state index contributed by atoms with van der Waals surface area (Å²) in [5.41, 5.74) is 6.33. The molecule has 0 fully saturated rings. The third kappa shape index (κ3) is 7.47. The molecule has 5 nitrogen and oxygen atoms in total. The Kier molecular flexibility index (Phi) is 8.65. The molecule has 0 aromatic heterocycles. The quantitative estimate of drug-likeness (QED) is 0.591. The molecule has 0 unspecified atom stereocenters. The third-order valence-corrected chi connectivity index (χ3v) is 4.24. The summed E-state index contributed by atoms with van der Waals surface area (Å²) in [7, 11) is 0. The smallest absolute Gasteiger partial charge is 0.239 e. The minimum atomic E-state index is -0.612. The van der Waals surface area contributed by atoms with Crippen molar-refractivity contribution in [2.75, 3.05) is 18.8 Å². The van der Waals surface area contributed by atoms with Crippen LogP contribution in [0.25, 0.3) is 0 Å². The summed E-state index contributed by atoms with van der Waals surface area (Å²) in [4.78, 5) is 23.2. The van der Waals surface area contributed by atoms with E-state index in [-0.39, 0.29) is 30.1 Å². The predicted molar refractivity (Wildman–Crippen MR) is 91.4 cm³/mol. The van der Waals surface area contributed by atoms with Gasteiger partial charge in [-0.05, 0) is 17.5 Å². The second-order valence-corrected chi connectivity index (χ2v) is 6.59. The number of hydrogen-bond donors (Lipinski definition) is 3. The normalized spacial score (nSPS) is 12.0. The van der Waals surface area contributed by atoms with Gasteiger partial charge in [-0.25, -0.2) is 4.39 Å². The van der Waals surface area contributed by atoms with Crippen molar-refractivity contribution in [2.45, 2.75) is 25.6 Å². The van der Waals surface area contributed by atoms with Crippen molar-refractivity contribution in [3.8, 4) is 0 Å². The number of amides is 2. The van der Waals surface area contributed by atoms with E-state index >= 15 is 0 Å². The molecule has 1 atom stereocenters. The molecule has 2 amide bonds. The van der Waals surface area contributed by atoms with Crippen LogP contribution in [0.15, 0.2) is 24.3 Å². The zero-order valence-electron chi connectivity index (χ0n) is 13.5. The zero-order valence-corrected chi connectivity index (χ0v) is 14.3. The van der Waals surface area contributed by atoms with Crippen LogP contribution in [0.3, 0.4) is 0 Å². The molecule has 0 aliphatic heterocycles. The van der Waals surface area contributed by atoms with Gasteiger partial charge < -0.3 is 16.4 Å². The minimum Gasteiger partial charge on any atom is -0.354 e. The summed E-state index contributed by atoms with van der Waals surface area (Å²) >= 11 is 1.53. The van der Waals surface area contributed by atoms with Crippen molar-refractivity contribution in [2.24, 2.45) is 11.7 Å². The van der Waals surface area contributed by atoms with Crippen molar-refractivity contribution < 1.29 is 14.0 Å². The van der Waals surface area contributed by atoms with Gasteiger partial charge in [-0.1, -0.05) is 32.0 Å². The predicted octanol–water partition coefficient (Wildman–Crippen LogP) is 1.27. The summed E-state index contributed by atoms with van der Waals surface area (Å²) in [5.74, 6) is 0.438. The number of benzene rings is 1. The number of nitrogens with one attached hydrogen (secondary N) is 2. The van der Waals surface area contributed by atoms with Gasteiger partial charge >= 0.3 is 0 Å². The van der Waals surface area contributed by atoms with Gasteiger partial charge in [0.2, 0.25) is 11.8 Å². The molecule has 0 spiro atoms. The van der Waals surface area contributed by atoms with Crippen LogP contribution >= 0.6 is 11.8 Å². The first-order valence-corrected chi connectivity index (χ1v) is 8.68. The fraction of sp³-hybridized carbons (Fsp3) is 0.500. The third-order valence-electron chi connectivity index (χ3n) is 3.23. The fourth-order valence-electron chi connectivity index (χ4n) is 1.71. The Morgan fingerprint density at radius 3 is 2.61 bits per heavy atom. The maximum atomic E-state index is 13.4. The highest BCUT2D eigenvalue weighted by Crippen LogP contribution is 2.14. The first-order chi connectivity index (χ1) is 10.9. The fourth-order valence-corrected chi connectivity index (χ4v) is 2.56. The van der Waals surface area contributed by atoms with Crippen molar-refractivity contribution in [1.82, 2.24) is 10.6 Å². The molecule has 1 aromatic rings. The standard InChI is InChI=1S/C16H24FN3O2S/c1-11(2)15(18)16(22)20-9-14(21)19-7-8-23-10-12-5-3-4-6-13(12)17/h3-6,11,15H,7-10,18H2,1-2H3,(H,19,21)(H,20,22)/t15-/m0/s1. The van der Waals surface area contributed by atoms with Crippen LogP contribution in [-0.4, -0.2) is 36.7 Å². The van der Waals surface area contributed by atoms with Crippen molar-refractivity contribution in [3.05, 3.63) is 35.6 Å². The van der Waals surface area contributed by atoms with E-state index in [2.05, 4.69) is 10.6 Å². The van der Waals surface area contributed by atoms with E-state index in [1.165, 1.54) is 17.8 Å². The lowest BCUT2D eigenvalue weighted by atomic mass is 10.1. The zero-order chi connectivity index (χ0) is 17.2. The molecule has 0 heterocycles. The number of halogens is 1. The molecule has 0 saturated heterocycles. The lowest BCUT2D eigenvalue weighted by molar-refractivity contribution is -0.127. The summed E-state index contributed by atoms with van der Waals surface area (Å²) in [6, 6.07) is 6.02. The number of hydrogen-bond acceptors (Lipinski definition) is 4. The van der Waals surface area contributed by atoms with Crippen LogP contribution in [0.4, 0.5) is 4.39 Å². The van der Waals surface area contributed by atoms with E-state index in [0.29, 0.717) is 23.6 Å². The topological polar surface area (TPSA) is 84.2 Å². The minimum absolute atomic E-state index is 0.0212. The molecule has 0 saturated carbocycles. The lowest BCUT2D eigenvalue weighted by Gasteiger charge is -2.15. The number of rotatable bonds is 9. The van der Waals surface area contributed by atoms with Gasteiger partial charge in [-0.15, -0.1) is 0 Å². The summed E-state index contributed by atoms with van der Waals surface area (Å²) in [6.45, 7) is 4.06. The lowest BCUT2D eigenvalue weighted by Crippen LogP contribution is -2.47. The summed E-state index contributed by atoms with van der Waals surface area (Å²) < 4.78 is 13.4. The molecule has 128 valence electrons. The Balaban J connectivity index is 2.13. The average molecular weight is 341 g/mol. The molecule has 0 bridgehead atoms. The van der Waals surface area contributed by atoms with Crippen LogP contribution in [-0.2, 0) is 15.3 Å². The Morgan fingerprint density at radius 2 is 1.96 bits per heavy atom. The number of carbonyl (C=O) groups excluding carboxylic acids is 2. The first kappa shape index (κ1) is 19.4.